The van der Waals surface area contributed by atoms with Crippen molar-refractivity contribution in [3.8, 4) is 0 Å². The van der Waals surface area contributed by atoms with Gasteiger partial charge in [-0.1, -0.05) is 24.3 Å². The van der Waals surface area contributed by atoms with Crippen molar-refractivity contribution in [3.05, 3.63) is 53.6 Å². The first-order valence-corrected chi connectivity index (χ1v) is 7.84. The van der Waals surface area contributed by atoms with E-state index >= 15 is 0 Å². The van der Waals surface area contributed by atoms with Gasteiger partial charge in [0.25, 0.3) is 0 Å². The van der Waals surface area contributed by atoms with E-state index in [1.54, 1.807) is 0 Å². The summed E-state index contributed by atoms with van der Waals surface area (Å²) in [5.41, 5.74) is -1.32. The van der Waals surface area contributed by atoms with Gasteiger partial charge in [-0.2, -0.15) is 13.2 Å². The van der Waals surface area contributed by atoms with Gasteiger partial charge in [0.05, 0.1) is 6.42 Å². The molecule has 8 heteroatoms. The topological polar surface area (TPSA) is 58.4 Å². The number of aryl methyl sites for hydroxylation is 1. The Morgan fingerprint density at radius 1 is 1.28 bits per heavy atom. The van der Waals surface area contributed by atoms with Gasteiger partial charge in [0.2, 0.25) is 11.5 Å². The number of hydrogen-bond acceptors (Lipinski definition) is 3. The maximum absolute atomic E-state index is 13.5. The van der Waals surface area contributed by atoms with E-state index in [0.29, 0.717) is 13.0 Å². The smallest absolute Gasteiger partial charge is 0.374 e. The van der Waals surface area contributed by atoms with Crippen LogP contribution in [0, 0.1) is 0 Å². The lowest BCUT2D eigenvalue weighted by molar-refractivity contribution is -0.272. The summed E-state index contributed by atoms with van der Waals surface area (Å²) in [7, 11) is 1.35. The summed E-state index contributed by atoms with van der Waals surface area (Å²) in [6.07, 6.45) is -3.07. The van der Waals surface area contributed by atoms with Gasteiger partial charge in [0.1, 0.15) is 0 Å². The number of imidazole rings is 1. The fourth-order valence-corrected chi connectivity index (χ4v) is 3.11. The van der Waals surface area contributed by atoms with E-state index in [4.69, 9.17) is 0 Å². The van der Waals surface area contributed by atoms with Crippen LogP contribution in [0.5, 0.6) is 0 Å². The predicted octanol–water partition coefficient (Wildman–Crippen LogP) is 2.14. The highest BCUT2D eigenvalue weighted by Crippen LogP contribution is 2.41. The molecule has 0 saturated carbocycles. The quantitative estimate of drug-likeness (QED) is 0.920. The highest BCUT2D eigenvalue weighted by molar-refractivity contribution is 5.78. The Kier molecular flexibility index (Phi) is 4.32. The summed E-state index contributed by atoms with van der Waals surface area (Å²) >= 11 is 0. The minimum atomic E-state index is -5.02. The Balaban J connectivity index is 1.84. The van der Waals surface area contributed by atoms with E-state index in [1.165, 1.54) is 18.1 Å². The molecule has 1 aromatic carbocycles. The molecule has 0 saturated heterocycles. The number of benzene rings is 1. The number of aromatic nitrogens is 2. The highest BCUT2D eigenvalue weighted by atomic mass is 19.4. The second-order valence-corrected chi connectivity index (χ2v) is 6.23. The van der Waals surface area contributed by atoms with Crippen molar-refractivity contribution < 1.29 is 23.1 Å². The van der Waals surface area contributed by atoms with Crippen molar-refractivity contribution in [2.75, 3.05) is 6.54 Å². The first kappa shape index (κ1) is 17.5. The third-order valence-corrected chi connectivity index (χ3v) is 4.55. The SMILES string of the molecule is Cn1ccnc1C(O)(CC(=O)N1CCc2ccccc2C1)C(F)(F)F. The van der Waals surface area contributed by atoms with E-state index in [0.717, 1.165) is 21.9 Å². The first-order valence-electron chi connectivity index (χ1n) is 7.84. The van der Waals surface area contributed by atoms with Crippen molar-refractivity contribution >= 4 is 5.91 Å². The number of alkyl halides is 3. The molecule has 0 aliphatic carbocycles. The van der Waals surface area contributed by atoms with Crippen LogP contribution < -0.4 is 0 Å². The normalized spacial score (nSPS) is 17.1. The van der Waals surface area contributed by atoms with E-state index in [9.17, 15) is 23.1 Å². The number of carbonyl (C=O) groups excluding carboxylic acids is 1. The molecule has 1 unspecified atom stereocenters. The average Bonchev–Trinajstić information content (AvgIpc) is 2.99. The third-order valence-electron chi connectivity index (χ3n) is 4.55. The first-order chi connectivity index (χ1) is 11.7. The maximum atomic E-state index is 13.5. The van der Waals surface area contributed by atoms with Crippen molar-refractivity contribution in [1.82, 2.24) is 14.5 Å². The van der Waals surface area contributed by atoms with Crippen molar-refractivity contribution in [1.29, 1.82) is 0 Å². The molecule has 2 heterocycles. The van der Waals surface area contributed by atoms with E-state index in [1.807, 2.05) is 24.3 Å². The number of hydrogen-bond donors (Lipinski definition) is 1. The molecule has 1 N–H and O–H groups in total. The van der Waals surface area contributed by atoms with Crippen LogP contribution >= 0.6 is 0 Å². The molecule has 0 spiro atoms. The summed E-state index contributed by atoms with van der Waals surface area (Å²) in [4.78, 5) is 17.5. The number of rotatable bonds is 3. The van der Waals surface area contributed by atoms with Gasteiger partial charge in [-0.25, -0.2) is 4.98 Å². The standard InChI is InChI=1S/C17H18F3N3O2/c1-22-9-7-21-15(22)16(25,17(18,19)20)10-14(24)23-8-6-12-4-2-3-5-13(12)11-23/h2-5,7,9,25H,6,8,10-11H2,1H3. The zero-order valence-corrected chi connectivity index (χ0v) is 13.6. The van der Waals surface area contributed by atoms with Crippen LogP contribution in [0.1, 0.15) is 23.4 Å². The molecule has 1 aliphatic heterocycles. The number of halogens is 3. The molecule has 3 rings (SSSR count). The molecule has 1 aromatic heterocycles. The van der Waals surface area contributed by atoms with Crippen LogP contribution in [0.2, 0.25) is 0 Å². The van der Waals surface area contributed by atoms with Gasteiger partial charge in [0, 0.05) is 32.5 Å². The number of amides is 1. The van der Waals surface area contributed by atoms with E-state index in [2.05, 4.69) is 4.98 Å². The summed E-state index contributed by atoms with van der Waals surface area (Å²) in [6.45, 7) is 0.563. The predicted molar refractivity (Wildman–Crippen MR) is 83.3 cm³/mol. The van der Waals surface area contributed by atoms with Crippen molar-refractivity contribution in [2.24, 2.45) is 7.05 Å². The molecule has 0 fully saturated rings. The van der Waals surface area contributed by atoms with Gasteiger partial charge >= 0.3 is 6.18 Å². The molecule has 1 atom stereocenters. The monoisotopic (exact) mass is 353 g/mol. The number of carbonyl (C=O) groups is 1. The largest absolute Gasteiger partial charge is 0.425 e. The maximum Gasteiger partial charge on any atom is 0.425 e. The lowest BCUT2D eigenvalue weighted by Crippen LogP contribution is -2.49. The van der Waals surface area contributed by atoms with Gasteiger partial charge in [-0.15, -0.1) is 0 Å². The minimum absolute atomic E-state index is 0.240. The van der Waals surface area contributed by atoms with Crippen LogP contribution in [0.15, 0.2) is 36.7 Å². The van der Waals surface area contributed by atoms with Crippen molar-refractivity contribution in [3.63, 3.8) is 0 Å². The second-order valence-electron chi connectivity index (χ2n) is 6.23. The lowest BCUT2D eigenvalue weighted by atomic mass is 9.94. The van der Waals surface area contributed by atoms with Crippen LogP contribution in [0.25, 0.3) is 0 Å². The molecule has 134 valence electrons. The molecule has 25 heavy (non-hydrogen) atoms. The number of aliphatic hydroxyl groups is 1. The van der Waals surface area contributed by atoms with E-state index in [-0.39, 0.29) is 6.54 Å². The second kappa shape index (κ2) is 6.18. The number of nitrogens with zero attached hydrogens (tertiary/aromatic N) is 3. The van der Waals surface area contributed by atoms with Crippen LogP contribution in [-0.2, 0) is 30.4 Å². The summed E-state index contributed by atoms with van der Waals surface area (Å²) < 4.78 is 41.7. The Labute approximate surface area is 142 Å². The molecule has 0 radical (unpaired) electrons. The Bertz CT molecular complexity index is 787. The van der Waals surface area contributed by atoms with Gasteiger partial charge in [-0.05, 0) is 17.5 Å². The van der Waals surface area contributed by atoms with Crippen LogP contribution in [0.4, 0.5) is 13.2 Å². The van der Waals surface area contributed by atoms with E-state index < -0.39 is 29.9 Å². The fraction of sp³-hybridized carbons (Fsp3) is 0.412. The van der Waals surface area contributed by atoms with Crippen LogP contribution in [0.3, 0.4) is 0 Å². The molecular formula is C17H18F3N3O2. The molecule has 1 aliphatic rings. The molecule has 1 amide bonds. The summed E-state index contributed by atoms with van der Waals surface area (Å²) in [5.74, 6) is -1.34. The average molecular weight is 353 g/mol. The van der Waals surface area contributed by atoms with Gasteiger partial charge in [0.15, 0.2) is 5.82 Å². The fourth-order valence-electron chi connectivity index (χ4n) is 3.11. The highest BCUT2D eigenvalue weighted by Gasteiger charge is 2.59. The molecule has 2 aromatic rings. The third kappa shape index (κ3) is 3.13. The zero-order valence-electron chi connectivity index (χ0n) is 13.6. The zero-order chi connectivity index (χ0) is 18.2. The molecule has 0 bridgehead atoms. The molecule has 5 nitrogen and oxygen atoms in total. The van der Waals surface area contributed by atoms with Gasteiger partial charge < -0.3 is 14.6 Å². The Morgan fingerprint density at radius 3 is 2.56 bits per heavy atom. The van der Waals surface area contributed by atoms with Gasteiger partial charge in [-0.3, -0.25) is 4.79 Å². The summed E-state index contributed by atoms with van der Waals surface area (Å²) in [5, 5.41) is 10.3. The van der Waals surface area contributed by atoms with Crippen LogP contribution in [-0.4, -0.2) is 38.2 Å². The molecular weight excluding hydrogens is 335 g/mol. The summed E-state index contributed by atoms with van der Waals surface area (Å²) in [6, 6.07) is 7.51. The Morgan fingerprint density at radius 2 is 1.96 bits per heavy atom. The minimum Gasteiger partial charge on any atom is -0.374 e. The number of fused-ring (bicyclic) bond motifs is 1. The Hall–Kier alpha value is -2.35. The lowest BCUT2D eigenvalue weighted by Gasteiger charge is -2.34. The van der Waals surface area contributed by atoms with Crippen molar-refractivity contribution in [2.45, 2.75) is 31.2 Å².